The zero-order chi connectivity index (χ0) is 14.8. The molecule has 0 atom stereocenters. The molecule has 3 rings (SSSR count). The van der Waals surface area contributed by atoms with Gasteiger partial charge < -0.3 is 9.73 Å². The molecule has 1 heterocycles. The van der Waals surface area contributed by atoms with Crippen LogP contribution in [0.15, 0.2) is 46.9 Å². The Hall–Kier alpha value is -2.33. The molecule has 0 unspecified atom stereocenters. The zero-order valence-electron chi connectivity index (χ0n) is 11.4. The Balaban J connectivity index is 2.01. The van der Waals surface area contributed by atoms with Gasteiger partial charge in [-0.05, 0) is 30.7 Å². The number of aryl methyl sites for hydroxylation is 1. The number of fused-ring (bicyclic) bond motifs is 1. The molecule has 0 spiro atoms. The first-order chi connectivity index (χ1) is 10.2. The van der Waals surface area contributed by atoms with Gasteiger partial charge in [0.25, 0.3) is 0 Å². The molecule has 0 aliphatic rings. The summed E-state index contributed by atoms with van der Waals surface area (Å²) in [5.41, 5.74) is 4.07. The minimum absolute atomic E-state index is 0.0805. The highest BCUT2D eigenvalue weighted by Crippen LogP contribution is 2.28. The van der Waals surface area contributed by atoms with Crippen LogP contribution < -0.4 is 5.32 Å². The van der Waals surface area contributed by atoms with E-state index in [1.165, 1.54) is 0 Å². The van der Waals surface area contributed by atoms with Crippen LogP contribution in [0.1, 0.15) is 5.56 Å². The van der Waals surface area contributed by atoms with Gasteiger partial charge in [-0.25, -0.2) is 4.98 Å². The summed E-state index contributed by atoms with van der Waals surface area (Å²) in [5, 5.41) is 2.69. The van der Waals surface area contributed by atoms with Crippen LogP contribution in [0.25, 0.3) is 22.6 Å². The normalized spacial score (nSPS) is 10.8. The number of nitrogens with zero attached hydrogens (tertiary/aromatic N) is 1. The van der Waals surface area contributed by atoms with E-state index in [1.807, 2.05) is 37.3 Å². The van der Waals surface area contributed by atoms with Gasteiger partial charge in [-0.3, -0.25) is 4.79 Å². The average molecular weight is 301 g/mol. The lowest BCUT2D eigenvalue weighted by Gasteiger charge is -2.01. The highest BCUT2D eigenvalue weighted by Gasteiger charge is 2.11. The van der Waals surface area contributed by atoms with E-state index in [0.29, 0.717) is 17.2 Å². The number of carbonyl (C=O) groups is 1. The number of amides is 1. The molecular formula is C16H13ClN2O2. The number of benzene rings is 2. The molecule has 21 heavy (non-hydrogen) atoms. The summed E-state index contributed by atoms with van der Waals surface area (Å²) >= 11 is 5.47. The molecule has 0 saturated heterocycles. The van der Waals surface area contributed by atoms with Crippen molar-refractivity contribution in [3.8, 4) is 11.5 Å². The second-order valence-corrected chi connectivity index (χ2v) is 4.97. The smallest absolute Gasteiger partial charge is 0.239 e. The first kappa shape index (κ1) is 13.6. The molecular weight excluding hydrogens is 288 g/mol. The Morgan fingerprint density at radius 3 is 2.86 bits per heavy atom. The first-order valence-electron chi connectivity index (χ1n) is 6.50. The van der Waals surface area contributed by atoms with E-state index in [2.05, 4.69) is 10.3 Å². The molecule has 4 nitrogen and oxygen atoms in total. The summed E-state index contributed by atoms with van der Waals surface area (Å²) in [5.74, 6) is 0.238. The van der Waals surface area contributed by atoms with E-state index >= 15 is 0 Å². The molecule has 0 bridgehead atoms. The molecule has 1 N–H and O–H groups in total. The number of oxazole rings is 1. The lowest BCUT2D eigenvalue weighted by atomic mass is 10.1. The number of carbonyl (C=O) groups excluding carboxylic acids is 1. The van der Waals surface area contributed by atoms with E-state index in [1.54, 1.807) is 12.1 Å². The summed E-state index contributed by atoms with van der Waals surface area (Å²) in [7, 11) is 0. The number of hydrogen-bond donors (Lipinski definition) is 1. The Bertz CT molecular complexity index is 811. The van der Waals surface area contributed by atoms with Gasteiger partial charge in [-0.1, -0.05) is 18.2 Å². The quantitative estimate of drug-likeness (QED) is 0.744. The summed E-state index contributed by atoms with van der Waals surface area (Å²) in [6.07, 6.45) is 0. The maximum atomic E-state index is 11.3. The Kier molecular flexibility index (Phi) is 3.62. The Labute approximate surface area is 126 Å². The predicted molar refractivity (Wildman–Crippen MR) is 83.5 cm³/mol. The molecule has 1 amide bonds. The van der Waals surface area contributed by atoms with Crippen molar-refractivity contribution >= 4 is 34.3 Å². The standard InChI is InChI=1S/C16H13ClN2O2/c1-10-4-2-3-5-12(10)16-19-13-7-6-11(8-14(13)21-16)18-15(20)9-17/h2-8H,9H2,1H3,(H,18,20). The molecule has 0 saturated carbocycles. The number of aromatic nitrogens is 1. The van der Waals surface area contributed by atoms with Crippen LogP contribution in [-0.2, 0) is 4.79 Å². The summed E-state index contributed by atoms with van der Waals surface area (Å²) in [6, 6.07) is 13.2. The van der Waals surface area contributed by atoms with Gasteiger partial charge in [0.15, 0.2) is 5.58 Å². The van der Waals surface area contributed by atoms with Crippen LogP contribution in [0.4, 0.5) is 5.69 Å². The van der Waals surface area contributed by atoms with Crippen molar-refractivity contribution in [1.82, 2.24) is 4.98 Å². The number of halogens is 1. The van der Waals surface area contributed by atoms with Crippen molar-refractivity contribution in [2.45, 2.75) is 6.92 Å². The highest BCUT2D eigenvalue weighted by molar-refractivity contribution is 6.29. The third-order valence-electron chi connectivity index (χ3n) is 3.17. The summed E-state index contributed by atoms with van der Waals surface area (Å²) in [6.45, 7) is 2.01. The van der Waals surface area contributed by atoms with Crippen LogP contribution in [-0.4, -0.2) is 16.8 Å². The molecule has 0 radical (unpaired) electrons. The van der Waals surface area contributed by atoms with Gasteiger partial charge in [0.05, 0.1) is 0 Å². The zero-order valence-corrected chi connectivity index (χ0v) is 12.1. The molecule has 0 aliphatic heterocycles. The SMILES string of the molecule is Cc1ccccc1-c1nc2ccc(NC(=O)CCl)cc2o1. The number of anilines is 1. The van der Waals surface area contributed by atoms with Crippen LogP contribution in [0.3, 0.4) is 0 Å². The van der Waals surface area contributed by atoms with Gasteiger partial charge in [0.2, 0.25) is 11.8 Å². The lowest BCUT2D eigenvalue weighted by molar-refractivity contribution is -0.113. The van der Waals surface area contributed by atoms with Gasteiger partial charge in [-0.2, -0.15) is 0 Å². The number of rotatable bonds is 3. The van der Waals surface area contributed by atoms with Crippen molar-refractivity contribution in [3.05, 3.63) is 48.0 Å². The molecule has 106 valence electrons. The molecule has 0 aliphatic carbocycles. The fourth-order valence-electron chi connectivity index (χ4n) is 2.12. The van der Waals surface area contributed by atoms with E-state index in [-0.39, 0.29) is 11.8 Å². The Morgan fingerprint density at radius 2 is 2.10 bits per heavy atom. The number of alkyl halides is 1. The topological polar surface area (TPSA) is 55.1 Å². The van der Waals surface area contributed by atoms with E-state index in [4.69, 9.17) is 16.0 Å². The fourth-order valence-corrected chi connectivity index (χ4v) is 2.19. The second-order valence-electron chi connectivity index (χ2n) is 4.70. The van der Waals surface area contributed by atoms with E-state index in [0.717, 1.165) is 16.6 Å². The highest BCUT2D eigenvalue weighted by atomic mass is 35.5. The number of nitrogens with one attached hydrogen (secondary N) is 1. The van der Waals surface area contributed by atoms with Crippen LogP contribution in [0.5, 0.6) is 0 Å². The van der Waals surface area contributed by atoms with Gasteiger partial charge >= 0.3 is 0 Å². The predicted octanol–water partition coefficient (Wildman–Crippen LogP) is 3.98. The molecule has 0 fully saturated rings. The minimum atomic E-state index is -0.255. The van der Waals surface area contributed by atoms with Crippen LogP contribution in [0.2, 0.25) is 0 Å². The van der Waals surface area contributed by atoms with Crippen molar-refractivity contribution in [2.24, 2.45) is 0 Å². The summed E-state index contributed by atoms with van der Waals surface area (Å²) in [4.78, 5) is 15.8. The van der Waals surface area contributed by atoms with E-state index in [9.17, 15) is 4.79 Å². The van der Waals surface area contributed by atoms with Crippen molar-refractivity contribution < 1.29 is 9.21 Å². The second kappa shape index (κ2) is 5.58. The van der Waals surface area contributed by atoms with Crippen LogP contribution in [0, 0.1) is 6.92 Å². The van der Waals surface area contributed by atoms with Crippen LogP contribution >= 0.6 is 11.6 Å². The molecule has 1 aromatic heterocycles. The molecule has 5 heteroatoms. The monoisotopic (exact) mass is 300 g/mol. The minimum Gasteiger partial charge on any atom is -0.436 e. The first-order valence-corrected chi connectivity index (χ1v) is 7.03. The van der Waals surface area contributed by atoms with Gasteiger partial charge in [-0.15, -0.1) is 11.6 Å². The maximum Gasteiger partial charge on any atom is 0.239 e. The van der Waals surface area contributed by atoms with Gasteiger partial charge in [0.1, 0.15) is 11.4 Å². The molecule has 3 aromatic rings. The average Bonchev–Trinajstić information content (AvgIpc) is 2.90. The van der Waals surface area contributed by atoms with E-state index < -0.39 is 0 Å². The maximum absolute atomic E-state index is 11.3. The third-order valence-corrected chi connectivity index (χ3v) is 3.41. The number of hydrogen-bond acceptors (Lipinski definition) is 3. The van der Waals surface area contributed by atoms with Crippen molar-refractivity contribution in [1.29, 1.82) is 0 Å². The molecule has 2 aromatic carbocycles. The van der Waals surface area contributed by atoms with Crippen molar-refractivity contribution in [2.75, 3.05) is 11.2 Å². The third kappa shape index (κ3) is 2.76. The summed E-state index contributed by atoms with van der Waals surface area (Å²) < 4.78 is 5.80. The lowest BCUT2D eigenvalue weighted by Crippen LogP contribution is -2.12. The largest absolute Gasteiger partial charge is 0.436 e. The van der Waals surface area contributed by atoms with Crippen molar-refractivity contribution in [3.63, 3.8) is 0 Å². The fraction of sp³-hybridized carbons (Fsp3) is 0.125. The van der Waals surface area contributed by atoms with Gasteiger partial charge in [0, 0.05) is 17.3 Å². The Morgan fingerprint density at radius 1 is 1.29 bits per heavy atom.